The summed E-state index contributed by atoms with van der Waals surface area (Å²) in [5, 5.41) is 3.13. The minimum atomic E-state index is -3.74. The van der Waals surface area contributed by atoms with Crippen molar-refractivity contribution in [1.29, 1.82) is 0 Å². The van der Waals surface area contributed by atoms with Gasteiger partial charge in [-0.05, 0) is 37.4 Å². The number of rotatable bonds is 6. The fourth-order valence-corrected chi connectivity index (χ4v) is 3.85. The van der Waals surface area contributed by atoms with E-state index in [0.29, 0.717) is 18.5 Å². The molecular weight excluding hydrogens is 272 g/mol. The molecule has 1 aromatic rings. The van der Waals surface area contributed by atoms with Crippen LogP contribution in [0.5, 0.6) is 0 Å². The highest BCUT2D eigenvalue weighted by atomic mass is 32.2. The van der Waals surface area contributed by atoms with Crippen LogP contribution in [0.15, 0.2) is 23.1 Å². The summed E-state index contributed by atoms with van der Waals surface area (Å²) in [5.74, 6) is -1.60. The van der Waals surface area contributed by atoms with E-state index in [-0.39, 0.29) is 11.8 Å². The molecule has 106 valence electrons. The zero-order valence-corrected chi connectivity index (χ0v) is 11.5. The molecule has 1 atom stereocenters. The Hall–Kier alpha value is -1.01. The molecule has 0 heterocycles. The topological polar surface area (TPSA) is 46.2 Å². The maximum absolute atomic E-state index is 13.6. The van der Waals surface area contributed by atoms with E-state index >= 15 is 0 Å². The Morgan fingerprint density at radius 2 is 2.05 bits per heavy atom. The monoisotopic (exact) mass is 289 g/mol. The van der Waals surface area contributed by atoms with Gasteiger partial charge in [-0.25, -0.2) is 17.2 Å². The van der Waals surface area contributed by atoms with Crippen LogP contribution in [0.1, 0.15) is 19.8 Å². The minimum absolute atomic E-state index is 0.145. The van der Waals surface area contributed by atoms with Gasteiger partial charge < -0.3 is 5.32 Å². The summed E-state index contributed by atoms with van der Waals surface area (Å²) in [7, 11) is -3.74. The molecule has 1 saturated carbocycles. The van der Waals surface area contributed by atoms with Crippen LogP contribution in [0.2, 0.25) is 0 Å². The first-order valence-corrected chi connectivity index (χ1v) is 8.00. The standard InChI is InChI=1S/C13H17F2NO2S/c1-2-16-12(9-3-4-9)8-19(17,18)13-6-5-10(14)7-11(13)15/h5-7,9,12,16H,2-4,8H2,1H3. The molecule has 0 amide bonds. The van der Waals surface area contributed by atoms with Crippen LogP contribution < -0.4 is 5.32 Å². The van der Waals surface area contributed by atoms with E-state index in [4.69, 9.17) is 0 Å². The number of halogens is 2. The Balaban J connectivity index is 2.21. The van der Waals surface area contributed by atoms with E-state index in [9.17, 15) is 17.2 Å². The van der Waals surface area contributed by atoms with Crippen molar-refractivity contribution in [3.63, 3.8) is 0 Å². The van der Waals surface area contributed by atoms with Crippen LogP contribution in [0.25, 0.3) is 0 Å². The molecule has 1 aliphatic rings. The molecule has 3 nitrogen and oxygen atoms in total. The lowest BCUT2D eigenvalue weighted by Crippen LogP contribution is -2.37. The summed E-state index contributed by atoms with van der Waals surface area (Å²) in [6, 6.07) is 2.41. The third kappa shape index (κ3) is 3.51. The SMILES string of the molecule is CCNC(CS(=O)(=O)c1ccc(F)cc1F)C1CC1. The molecule has 2 rings (SSSR count). The van der Waals surface area contributed by atoms with Crippen molar-refractivity contribution in [2.45, 2.75) is 30.7 Å². The van der Waals surface area contributed by atoms with Crippen molar-refractivity contribution in [1.82, 2.24) is 5.32 Å². The number of hydrogen-bond acceptors (Lipinski definition) is 3. The summed E-state index contributed by atoms with van der Waals surface area (Å²) < 4.78 is 50.7. The number of hydrogen-bond donors (Lipinski definition) is 1. The highest BCUT2D eigenvalue weighted by Gasteiger charge is 2.35. The molecular formula is C13H17F2NO2S. The van der Waals surface area contributed by atoms with Crippen LogP contribution in [-0.2, 0) is 9.84 Å². The fraction of sp³-hybridized carbons (Fsp3) is 0.538. The first kappa shape index (κ1) is 14.4. The Kier molecular flexibility index (Phi) is 4.20. The minimum Gasteiger partial charge on any atom is -0.313 e. The highest BCUT2D eigenvalue weighted by Crippen LogP contribution is 2.34. The Labute approximate surface area is 111 Å². The second kappa shape index (κ2) is 5.54. The van der Waals surface area contributed by atoms with Gasteiger partial charge in [-0.1, -0.05) is 6.92 Å². The zero-order chi connectivity index (χ0) is 14.0. The lowest BCUT2D eigenvalue weighted by molar-refractivity contribution is 0.498. The Bertz CT molecular complexity index is 556. The molecule has 0 aliphatic heterocycles. The van der Waals surface area contributed by atoms with Gasteiger partial charge in [0.15, 0.2) is 9.84 Å². The molecule has 1 aliphatic carbocycles. The van der Waals surface area contributed by atoms with Crippen molar-refractivity contribution in [3.8, 4) is 0 Å². The quantitative estimate of drug-likeness (QED) is 0.816. The molecule has 6 heteroatoms. The summed E-state index contributed by atoms with van der Waals surface area (Å²) in [5.41, 5.74) is 0. The third-order valence-electron chi connectivity index (χ3n) is 3.29. The van der Waals surface area contributed by atoms with Crippen LogP contribution in [0.3, 0.4) is 0 Å². The molecule has 1 unspecified atom stereocenters. The maximum Gasteiger partial charge on any atom is 0.182 e. The van der Waals surface area contributed by atoms with Crippen molar-refractivity contribution < 1.29 is 17.2 Å². The van der Waals surface area contributed by atoms with Gasteiger partial charge in [0.1, 0.15) is 16.5 Å². The van der Waals surface area contributed by atoms with Gasteiger partial charge in [-0.15, -0.1) is 0 Å². The Morgan fingerprint density at radius 3 is 2.58 bits per heavy atom. The zero-order valence-electron chi connectivity index (χ0n) is 10.7. The first-order valence-electron chi connectivity index (χ1n) is 6.35. The van der Waals surface area contributed by atoms with Gasteiger partial charge in [0, 0.05) is 12.1 Å². The molecule has 19 heavy (non-hydrogen) atoms. The first-order chi connectivity index (χ1) is 8.94. The molecule has 0 spiro atoms. The second-order valence-corrected chi connectivity index (χ2v) is 6.86. The molecule has 0 bridgehead atoms. The van der Waals surface area contributed by atoms with Crippen LogP contribution in [0.4, 0.5) is 8.78 Å². The van der Waals surface area contributed by atoms with Crippen LogP contribution in [0, 0.1) is 17.6 Å². The smallest absolute Gasteiger partial charge is 0.182 e. The number of nitrogens with one attached hydrogen (secondary N) is 1. The van der Waals surface area contributed by atoms with Crippen LogP contribution in [-0.4, -0.2) is 26.8 Å². The van der Waals surface area contributed by atoms with Gasteiger partial charge >= 0.3 is 0 Å². The number of benzene rings is 1. The van der Waals surface area contributed by atoms with Gasteiger partial charge in [0.25, 0.3) is 0 Å². The molecule has 0 saturated heterocycles. The molecule has 0 aromatic heterocycles. The Morgan fingerprint density at radius 1 is 1.37 bits per heavy atom. The van der Waals surface area contributed by atoms with E-state index in [1.165, 1.54) is 0 Å². The average Bonchev–Trinajstić information content (AvgIpc) is 3.11. The van der Waals surface area contributed by atoms with Crippen LogP contribution >= 0.6 is 0 Å². The van der Waals surface area contributed by atoms with Crippen molar-refractivity contribution in [3.05, 3.63) is 29.8 Å². The maximum atomic E-state index is 13.6. The molecule has 1 N–H and O–H groups in total. The van der Waals surface area contributed by atoms with Gasteiger partial charge in [0.05, 0.1) is 5.75 Å². The molecule has 1 fully saturated rings. The largest absolute Gasteiger partial charge is 0.313 e. The third-order valence-corrected chi connectivity index (χ3v) is 5.08. The van der Waals surface area contributed by atoms with E-state index in [0.717, 1.165) is 25.0 Å². The van der Waals surface area contributed by atoms with E-state index in [1.807, 2.05) is 6.92 Å². The van der Waals surface area contributed by atoms with Gasteiger partial charge in [-0.3, -0.25) is 0 Å². The highest BCUT2D eigenvalue weighted by molar-refractivity contribution is 7.91. The van der Waals surface area contributed by atoms with E-state index in [2.05, 4.69) is 5.32 Å². The predicted molar refractivity (Wildman–Crippen MR) is 68.6 cm³/mol. The summed E-state index contributed by atoms with van der Waals surface area (Å²) in [6.45, 7) is 2.57. The second-order valence-electron chi connectivity index (χ2n) is 4.86. The van der Waals surface area contributed by atoms with Crippen molar-refractivity contribution >= 4 is 9.84 Å². The average molecular weight is 289 g/mol. The predicted octanol–water partition coefficient (Wildman–Crippen LogP) is 2.13. The van der Waals surface area contributed by atoms with E-state index in [1.54, 1.807) is 0 Å². The summed E-state index contributed by atoms with van der Waals surface area (Å²) in [4.78, 5) is -0.419. The number of sulfone groups is 1. The van der Waals surface area contributed by atoms with Gasteiger partial charge in [0.2, 0.25) is 0 Å². The lowest BCUT2D eigenvalue weighted by Gasteiger charge is -2.17. The normalized spacial score (nSPS) is 17.4. The fourth-order valence-electron chi connectivity index (χ4n) is 2.18. The van der Waals surface area contributed by atoms with Gasteiger partial charge in [-0.2, -0.15) is 0 Å². The summed E-state index contributed by atoms with van der Waals surface area (Å²) in [6.07, 6.45) is 2.00. The van der Waals surface area contributed by atoms with Crippen molar-refractivity contribution in [2.75, 3.05) is 12.3 Å². The lowest BCUT2D eigenvalue weighted by atomic mass is 10.2. The molecule has 1 aromatic carbocycles. The van der Waals surface area contributed by atoms with E-state index < -0.39 is 26.4 Å². The van der Waals surface area contributed by atoms with Crippen molar-refractivity contribution in [2.24, 2.45) is 5.92 Å². The summed E-state index contributed by atoms with van der Waals surface area (Å²) >= 11 is 0. The molecule has 0 radical (unpaired) electrons.